The zero-order valence-corrected chi connectivity index (χ0v) is 12.5. The molecule has 0 fully saturated rings. The lowest BCUT2D eigenvalue weighted by atomic mass is 10.0. The minimum atomic E-state index is -0.162. The molecule has 1 aromatic heterocycles. The summed E-state index contributed by atoms with van der Waals surface area (Å²) >= 11 is 6.56. The molecule has 1 amide bonds. The van der Waals surface area contributed by atoms with E-state index in [0.717, 1.165) is 11.8 Å². The van der Waals surface area contributed by atoms with E-state index in [0.29, 0.717) is 16.3 Å². The van der Waals surface area contributed by atoms with Crippen LogP contribution in [0.2, 0.25) is 0 Å². The van der Waals surface area contributed by atoms with Crippen LogP contribution in [0, 0.1) is 5.92 Å². The summed E-state index contributed by atoms with van der Waals surface area (Å²) in [4.78, 5) is 11.8. The summed E-state index contributed by atoms with van der Waals surface area (Å²) in [5, 5.41) is 3.84. The first-order valence-corrected chi connectivity index (χ1v) is 7.08. The fourth-order valence-electron chi connectivity index (χ4n) is 1.37. The van der Waals surface area contributed by atoms with E-state index in [1.165, 1.54) is 0 Å². The molecule has 0 radical (unpaired) electrons. The Bertz CT molecular complexity index is 350. The highest BCUT2D eigenvalue weighted by molar-refractivity contribution is 9.10. The van der Waals surface area contributed by atoms with Crippen LogP contribution in [0.1, 0.15) is 30.8 Å². The fourth-order valence-corrected chi connectivity index (χ4v) is 2.17. The second-order valence-corrected chi connectivity index (χ2v) is 5.48. The Morgan fingerprint density at radius 1 is 1.50 bits per heavy atom. The highest BCUT2D eigenvalue weighted by Crippen LogP contribution is 2.15. The van der Waals surface area contributed by atoms with Crippen molar-refractivity contribution >= 4 is 37.8 Å². The van der Waals surface area contributed by atoms with Gasteiger partial charge in [0.15, 0.2) is 10.4 Å². The number of carbonyl (C=O) groups is 1. The molecule has 0 aliphatic rings. The van der Waals surface area contributed by atoms with Crippen molar-refractivity contribution < 1.29 is 9.21 Å². The maximum absolute atomic E-state index is 11.8. The van der Waals surface area contributed by atoms with Crippen LogP contribution in [0.5, 0.6) is 0 Å². The molecule has 1 heterocycles. The van der Waals surface area contributed by atoms with Crippen LogP contribution in [-0.2, 0) is 0 Å². The molecule has 90 valence electrons. The summed E-state index contributed by atoms with van der Waals surface area (Å²) in [6.07, 6.45) is 0.908. The summed E-state index contributed by atoms with van der Waals surface area (Å²) in [5.41, 5.74) is 0. The van der Waals surface area contributed by atoms with Crippen LogP contribution in [0.4, 0.5) is 0 Å². The Balaban J connectivity index is 2.61. The lowest BCUT2D eigenvalue weighted by molar-refractivity contribution is 0.0895. The van der Waals surface area contributed by atoms with Gasteiger partial charge in [0.05, 0.1) is 0 Å². The van der Waals surface area contributed by atoms with Gasteiger partial charge in [0.2, 0.25) is 0 Å². The van der Waals surface area contributed by atoms with Gasteiger partial charge in [0, 0.05) is 11.4 Å². The molecule has 5 heteroatoms. The van der Waals surface area contributed by atoms with Crippen LogP contribution in [0.3, 0.4) is 0 Å². The molecular weight excluding hydrogens is 338 g/mol. The van der Waals surface area contributed by atoms with Gasteiger partial charge in [0.25, 0.3) is 5.91 Å². The van der Waals surface area contributed by atoms with Crippen molar-refractivity contribution in [3.63, 3.8) is 0 Å². The number of hydrogen-bond acceptors (Lipinski definition) is 2. The third kappa shape index (κ3) is 3.94. The third-order valence-corrected chi connectivity index (χ3v) is 3.22. The summed E-state index contributed by atoms with van der Waals surface area (Å²) < 4.78 is 5.77. The lowest BCUT2D eigenvalue weighted by Gasteiger charge is -2.20. The molecule has 0 aliphatic carbocycles. The summed E-state index contributed by atoms with van der Waals surface area (Å²) in [5.74, 6) is 0.581. The maximum Gasteiger partial charge on any atom is 0.287 e. The second kappa shape index (κ2) is 6.45. The highest BCUT2D eigenvalue weighted by atomic mass is 79.9. The second-order valence-electron chi connectivity index (χ2n) is 3.91. The van der Waals surface area contributed by atoms with E-state index in [1.807, 2.05) is 0 Å². The van der Waals surface area contributed by atoms with Gasteiger partial charge in [-0.05, 0) is 40.4 Å². The number of alkyl halides is 1. The van der Waals surface area contributed by atoms with Crippen molar-refractivity contribution in [3.05, 3.63) is 22.6 Å². The minimum Gasteiger partial charge on any atom is -0.444 e. The zero-order valence-electron chi connectivity index (χ0n) is 9.30. The van der Waals surface area contributed by atoms with Crippen LogP contribution in [0.25, 0.3) is 0 Å². The summed E-state index contributed by atoms with van der Waals surface area (Å²) in [7, 11) is 0. The molecular formula is C11H15Br2NO2. The smallest absolute Gasteiger partial charge is 0.287 e. The molecule has 0 spiro atoms. The number of nitrogens with one attached hydrogen (secondary N) is 1. The number of carbonyl (C=O) groups excluding carboxylic acids is 1. The molecule has 1 aromatic rings. The number of furan rings is 1. The lowest BCUT2D eigenvalue weighted by Crippen LogP contribution is -2.38. The first-order chi connectivity index (χ1) is 7.54. The number of amides is 1. The summed E-state index contributed by atoms with van der Waals surface area (Å²) in [6.45, 7) is 4.18. The van der Waals surface area contributed by atoms with Gasteiger partial charge in [-0.25, -0.2) is 0 Å². The third-order valence-electron chi connectivity index (χ3n) is 2.34. The van der Waals surface area contributed by atoms with Gasteiger partial charge in [0.1, 0.15) is 0 Å². The molecule has 1 N–H and O–H groups in total. The molecule has 0 aliphatic heterocycles. The van der Waals surface area contributed by atoms with Crippen molar-refractivity contribution in [1.29, 1.82) is 0 Å². The number of halogens is 2. The van der Waals surface area contributed by atoms with Crippen LogP contribution in [0.15, 0.2) is 21.2 Å². The average molecular weight is 353 g/mol. The Morgan fingerprint density at radius 3 is 2.62 bits per heavy atom. The van der Waals surface area contributed by atoms with E-state index < -0.39 is 0 Å². The van der Waals surface area contributed by atoms with E-state index in [1.54, 1.807) is 12.1 Å². The number of hydrogen-bond donors (Lipinski definition) is 1. The Hall–Kier alpha value is -0.290. The van der Waals surface area contributed by atoms with Gasteiger partial charge in [-0.3, -0.25) is 4.79 Å². The summed E-state index contributed by atoms with van der Waals surface area (Å²) in [6, 6.07) is 3.53. The highest BCUT2D eigenvalue weighted by Gasteiger charge is 2.18. The van der Waals surface area contributed by atoms with E-state index >= 15 is 0 Å². The monoisotopic (exact) mass is 351 g/mol. The maximum atomic E-state index is 11.8. The Morgan fingerprint density at radius 2 is 2.19 bits per heavy atom. The molecule has 16 heavy (non-hydrogen) atoms. The van der Waals surface area contributed by atoms with Crippen molar-refractivity contribution in [2.45, 2.75) is 26.3 Å². The predicted molar refractivity (Wildman–Crippen MR) is 70.9 cm³/mol. The quantitative estimate of drug-likeness (QED) is 0.823. The molecule has 1 rings (SSSR count). The molecule has 0 saturated heterocycles. The van der Waals surface area contributed by atoms with Gasteiger partial charge in [-0.15, -0.1) is 0 Å². The van der Waals surface area contributed by atoms with Crippen LogP contribution >= 0.6 is 31.9 Å². The largest absolute Gasteiger partial charge is 0.444 e. The molecule has 1 unspecified atom stereocenters. The van der Waals surface area contributed by atoms with Gasteiger partial charge in [-0.1, -0.05) is 29.8 Å². The topological polar surface area (TPSA) is 42.2 Å². The van der Waals surface area contributed by atoms with Crippen molar-refractivity contribution in [3.8, 4) is 0 Å². The van der Waals surface area contributed by atoms with E-state index in [4.69, 9.17) is 4.42 Å². The zero-order chi connectivity index (χ0) is 12.1. The molecule has 3 nitrogen and oxygen atoms in total. The molecule has 0 bridgehead atoms. The SMILES string of the molecule is CC(C)C(CCBr)NC(=O)c1ccc(Br)o1. The predicted octanol–water partition coefficient (Wildman–Crippen LogP) is 3.58. The average Bonchev–Trinajstić information content (AvgIpc) is 2.64. The first-order valence-electron chi connectivity index (χ1n) is 5.16. The van der Waals surface area contributed by atoms with E-state index in [-0.39, 0.29) is 11.9 Å². The number of rotatable bonds is 5. The first kappa shape index (κ1) is 13.8. The van der Waals surface area contributed by atoms with Gasteiger partial charge in [-0.2, -0.15) is 0 Å². The Kier molecular flexibility index (Phi) is 5.55. The minimum absolute atomic E-state index is 0.162. The Labute approximate surface area is 112 Å². The molecule has 1 atom stereocenters. The van der Waals surface area contributed by atoms with Gasteiger partial charge >= 0.3 is 0 Å². The van der Waals surface area contributed by atoms with Crippen LogP contribution in [-0.4, -0.2) is 17.3 Å². The molecule has 0 saturated carbocycles. The molecule has 0 aromatic carbocycles. The van der Waals surface area contributed by atoms with Crippen LogP contribution < -0.4 is 5.32 Å². The standard InChI is InChI=1S/C11H15Br2NO2/c1-7(2)8(5-6-12)14-11(15)9-3-4-10(13)16-9/h3-4,7-8H,5-6H2,1-2H3,(H,14,15). The van der Waals surface area contributed by atoms with Crippen molar-refractivity contribution in [1.82, 2.24) is 5.32 Å². The van der Waals surface area contributed by atoms with E-state index in [2.05, 4.69) is 51.0 Å². The van der Waals surface area contributed by atoms with Gasteiger partial charge < -0.3 is 9.73 Å². The van der Waals surface area contributed by atoms with Crippen molar-refractivity contribution in [2.24, 2.45) is 5.92 Å². The van der Waals surface area contributed by atoms with E-state index in [9.17, 15) is 4.79 Å². The normalized spacial score (nSPS) is 12.8. The van der Waals surface area contributed by atoms with Crippen molar-refractivity contribution in [2.75, 3.05) is 5.33 Å². The fraction of sp³-hybridized carbons (Fsp3) is 0.545.